The number of aliphatic carboxylic acids is 1. The van der Waals surface area contributed by atoms with Gasteiger partial charge in [-0.15, -0.1) is 0 Å². The van der Waals surface area contributed by atoms with Crippen LogP contribution in [0, 0.1) is 0 Å². The Kier molecular flexibility index (Phi) is 7.36. The lowest BCUT2D eigenvalue weighted by Crippen LogP contribution is -2.50. The van der Waals surface area contributed by atoms with Gasteiger partial charge in [-0.25, -0.2) is 0 Å². The van der Waals surface area contributed by atoms with Crippen molar-refractivity contribution in [3.8, 4) is 0 Å². The normalized spacial score (nSPS) is 14.2. The second-order valence-corrected chi connectivity index (χ2v) is 6.44. The van der Waals surface area contributed by atoms with E-state index < -0.39 is 18.1 Å². The van der Waals surface area contributed by atoms with E-state index >= 15 is 0 Å². The van der Waals surface area contributed by atoms with Gasteiger partial charge in [0, 0.05) is 0 Å². The van der Waals surface area contributed by atoms with Crippen LogP contribution in [0.5, 0.6) is 0 Å². The van der Waals surface area contributed by atoms with E-state index in [9.17, 15) is 9.59 Å². The molecular weight excluding hydrogens is 328 g/mol. The Balaban J connectivity index is 2.03. The molecule has 2 aromatic carbocycles. The summed E-state index contributed by atoms with van der Waals surface area (Å²) in [6.45, 7) is 3.47. The molecular formula is C21H26N2O3. The fourth-order valence-electron chi connectivity index (χ4n) is 2.76. The summed E-state index contributed by atoms with van der Waals surface area (Å²) >= 11 is 0. The van der Waals surface area contributed by atoms with Crippen LogP contribution >= 0.6 is 0 Å². The minimum atomic E-state index is -0.974. The Morgan fingerprint density at radius 2 is 1.54 bits per heavy atom. The van der Waals surface area contributed by atoms with E-state index in [1.54, 1.807) is 6.92 Å². The number of aryl methyl sites for hydroxylation is 1. The van der Waals surface area contributed by atoms with Gasteiger partial charge in [0.05, 0.1) is 12.1 Å². The minimum Gasteiger partial charge on any atom is -0.480 e. The molecule has 0 saturated heterocycles. The second-order valence-electron chi connectivity index (χ2n) is 6.44. The number of hydrogen-bond acceptors (Lipinski definition) is 3. The molecule has 26 heavy (non-hydrogen) atoms. The van der Waals surface area contributed by atoms with Gasteiger partial charge in [0.1, 0.15) is 6.04 Å². The Labute approximate surface area is 154 Å². The number of benzene rings is 2. The number of carboxylic acid groups (broad SMARTS) is 1. The van der Waals surface area contributed by atoms with Crippen molar-refractivity contribution in [2.45, 2.75) is 44.8 Å². The van der Waals surface area contributed by atoms with E-state index in [0.29, 0.717) is 12.8 Å². The summed E-state index contributed by atoms with van der Waals surface area (Å²) in [6.07, 6.45) is 1.22. The molecule has 5 nitrogen and oxygen atoms in total. The van der Waals surface area contributed by atoms with Gasteiger partial charge in [0.2, 0.25) is 5.91 Å². The predicted molar refractivity (Wildman–Crippen MR) is 102 cm³/mol. The molecule has 0 radical (unpaired) electrons. The van der Waals surface area contributed by atoms with E-state index in [4.69, 9.17) is 5.11 Å². The molecule has 3 atom stereocenters. The highest BCUT2D eigenvalue weighted by Gasteiger charge is 2.24. The average molecular weight is 354 g/mol. The quantitative estimate of drug-likeness (QED) is 0.647. The van der Waals surface area contributed by atoms with E-state index in [1.165, 1.54) is 0 Å². The first-order valence-corrected chi connectivity index (χ1v) is 8.85. The molecule has 0 aliphatic carbocycles. The van der Waals surface area contributed by atoms with Crippen LogP contribution in [-0.2, 0) is 16.0 Å². The van der Waals surface area contributed by atoms with E-state index in [1.807, 2.05) is 67.6 Å². The van der Waals surface area contributed by atoms with Crippen LogP contribution in [0.25, 0.3) is 0 Å². The topological polar surface area (TPSA) is 78.4 Å². The maximum Gasteiger partial charge on any atom is 0.320 e. The Hall–Kier alpha value is -2.66. The first-order chi connectivity index (χ1) is 12.5. The summed E-state index contributed by atoms with van der Waals surface area (Å²) in [4.78, 5) is 23.9. The number of rotatable bonds is 9. The fraction of sp³-hybridized carbons (Fsp3) is 0.333. The molecule has 0 saturated carbocycles. The van der Waals surface area contributed by atoms with Crippen molar-refractivity contribution in [2.24, 2.45) is 0 Å². The molecule has 0 aliphatic heterocycles. The lowest BCUT2D eigenvalue weighted by molar-refractivity contribution is -0.139. The number of hydrogen-bond donors (Lipinski definition) is 3. The summed E-state index contributed by atoms with van der Waals surface area (Å²) in [7, 11) is 0. The van der Waals surface area contributed by atoms with Gasteiger partial charge in [-0.2, -0.15) is 0 Å². The minimum absolute atomic E-state index is 0.148. The first kappa shape index (κ1) is 19.7. The number of carbonyl (C=O) groups is 2. The Bertz CT molecular complexity index is 704. The highest BCUT2D eigenvalue weighted by Crippen LogP contribution is 2.13. The molecule has 0 aromatic heterocycles. The smallest absolute Gasteiger partial charge is 0.320 e. The van der Waals surface area contributed by atoms with Crippen molar-refractivity contribution in [1.29, 1.82) is 0 Å². The van der Waals surface area contributed by atoms with Crippen molar-refractivity contribution in [1.82, 2.24) is 10.6 Å². The number of carboxylic acids is 1. The molecule has 0 spiro atoms. The number of carbonyl (C=O) groups excluding carboxylic acids is 1. The molecule has 0 fully saturated rings. The molecule has 0 heterocycles. The Morgan fingerprint density at radius 3 is 2.12 bits per heavy atom. The van der Waals surface area contributed by atoms with Crippen molar-refractivity contribution in [2.75, 3.05) is 0 Å². The van der Waals surface area contributed by atoms with Crippen molar-refractivity contribution >= 4 is 11.9 Å². The van der Waals surface area contributed by atoms with Crippen LogP contribution in [0.4, 0.5) is 0 Å². The van der Waals surface area contributed by atoms with Crippen LogP contribution in [0.2, 0.25) is 0 Å². The highest BCUT2D eigenvalue weighted by molar-refractivity contribution is 5.83. The lowest BCUT2D eigenvalue weighted by Gasteiger charge is -2.23. The van der Waals surface area contributed by atoms with Gasteiger partial charge in [-0.3, -0.25) is 14.9 Å². The van der Waals surface area contributed by atoms with E-state index in [2.05, 4.69) is 10.6 Å². The third-order valence-corrected chi connectivity index (χ3v) is 4.36. The predicted octanol–water partition coefficient (Wildman–Crippen LogP) is 2.93. The first-order valence-electron chi connectivity index (χ1n) is 8.85. The third-order valence-electron chi connectivity index (χ3n) is 4.36. The average Bonchev–Trinajstić information content (AvgIpc) is 2.66. The number of amides is 1. The van der Waals surface area contributed by atoms with Gasteiger partial charge in [0.25, 0.3) is 0 Å². The van der Waals surface area contributed by atoms with Crippen LogP contribution < -0.4 is 10.6 Å². The summed E-state index contributed by atoms with van der Waals surface area (Å²) in [5, 5.41) is 15.1. The van der Waals surface area contributed by atoms with Gasteiger partial charge in [-0.05, 0) is 37.8 Å². The van der Waals surface area contributed by atoms with E-state index in [0.717, 1.165) is 11.1 Å². The molecule has 2 rings (SSSR count). The molecule has 0 aliphatic rings. The molecule has 3 N–H and O–H groups in total. The highest BCUT2D eigenvalue weighted by atomic mass is 16.4. The van der Waals surface area contributed by atoms with Gasteiger partial charge in [-0.1, -0.05) is 60.7 Å². The summed E-state index contributed by atoms with van der Waals surface area (Å²) in [6, 6.07) is 18.0. The van der Waals surface area contributed by atoms with Gasteiger partial charge in [0.15, 0.2) is 0 Å². The molecule has 1 unspecified atom stereocenters. The molecule has 2 aromatic rings. The van der Waals surface area contributed by atoms with Crippen LogP contribution in [0.15, 0.2) is 60.7 Å². The van der Waals surface area contributed by atoms with Crippen molar-refractivity contribution < 1.29 is 14.7 Å². The van der Waals surface area contributed by atoms with Gasteiger partial charge < -0.3 is 10.4 Å². The number of nitrogens with one attached hydrogen (secondary N) is 2. The Morgan fingerprint density at radius 1 is 0.962 bits per heavy atom. The maximum absolute atomic E-state index is 12.7. The standard InChI is InChI=1S/C21H26N2O3/c1-15(18-11-7-4-8-12-18)23-20(24)19(22-16(2)21(25)26)14-13-17-9-5-3-6-10-17/h3-12,15-16,19,22H,13-14H2,1-2H3,(H,23,24)(H,25,26)/t15-,16?,19+/m1/s1. The van der Waals surface area contributed by atoms with Crippen LogP contribution in [0.1, 0.15) is 37.4 Å². The third kappa shape index (κ3) is 6.01. The lowest BCUT2D eigenvalue weighted by atomic mass is 10.0. The fourth-order valence-corrected chi connectivity index (χ4v) is 2.76. The van der Waals surface area contributed by atoms with Crippen molar-refractivity contribution in [3.63, 3.8) is 0 Å². The summed E-state index contributed by atoms with van der Waals surface area (Å²) in [5.41, 5.74) is 2.13. The maximum atomic E-state index is 12.7. The van der Waals surface area contributed by atoms with Crippen LogP contribution in [-0.4, -0.2) is 29.1 Å². The molecule has 5 heteroatoms. The van der Waals surface area contributed by atoms with Gasteiger partial charge >= 0.3 is 5.97 Å². The SMILES string of the molecule is CC(N[C@@H](CCc1ccccc1)C(=O)N[C@H](C)c1ccccc1)C(=O)O. The largest absolute Gasteiger partial charge is 0.480 e. The monoisotopic (exact) mass is 354 g/mol. The summed E-state index contributed by atoms with van der Waals surface area (Å²) in [5.74, 6) is -1.16. The zero-order valence-electron chi connectivity index (χ0n) is 15.2. The molecule has 138 valence electrons. The summed E-state index contributed by atoms with van der Waals surface area (Å²) < 4.78 is 0. The molecule has 0 bridgehead atoms. The second kappa shape index (κ2) is 9.73. The van der Waals surface area contributed by atoms with E-state index in [-0.39, 0.29) is 11.9 Å². The zero-order chi connectivity index (χ0) is 18.9. The van der Waals surface area contributed by atoms with Crippen molar-refractivity contribution in [3.05, 3.63) is 71.8 Å². The van der Waals surface area contributed by atoms with Crippen LogP contribution in [0.3, 0.4) is 0 Å². The zero-order valence-corrected chi connectivity index (χ0v) is 15.2. The molecule has 1 amide bonds.